The first kappa shape index (κ1) is 12.7. The molecule has 2 aliphatic rings. The number of rotatable bonds is 3. The lowest BCUT2D eigenvalue weighted by Gasteiger charge is -2.37. The molecule has 4 atom stereocenters. The van der Waals surface area contributed by atoms with Crippen LogP contribution in [0.4, 0.5) is 0 Å². The fourth-order valence-electron chi connectivity index (χ4n) is 3.43. The summed E-state index contributed by atoms with van der Waals surface area (Å²) in [5, 5.41) is 1.61. The zero-order valence-corrected chi connectivity index (χ0v) is 11.5. The van der Waals surface area contributed by atoms with Crippen molar-refractivity contribution in [3.63, 3.8) is 0 Å². The fourth-order valence-corrected chi connectivity index (χ4v) is 4.82. The molecule has 16 heavy (non-hydrogen) atoms. The van der Waals surface area contributed by atoms with Crippen LogP contribution in [-0.4, -0.2) is 41.6 Å². The maximum Gasteiger partial charge on any atom is 0.0149 e. The van der Waals surface area contributed by atoms with Crippen LogP contribution in [0.3, 0.4) is 0 Å². The highest BCUT2D eigenvalue weighted by molar-refractivity contribution is 8.00. The second-order valence-electron chi connectivity index (χ2n) is 5.66. The van der Waals surface area contributed by atoms with Gasteiger partial charge in [-0.2, -0.15) is 11.8 Å². The maximum atomic E-state index is 5.86. The van der Waals surface area contributed by atoms with Crippen molar-refractivity contribution < 1.29 is 0 Å². The topological polar surface area (TPSA) is 29.3 Å². The summed E-state index contributed by atoms with van der Waals surface area (Å²) >= 11 is 2.14. The molecule has 0 bridgehead atoms. The van der Waals surface area contributed by atoms with Gasteiger partial charge in [0.05, 0.1) is 0 Å². The molecule has 4 unspecified atom stereocenters. The molecule has 1 aliphatic carbocycles. The van der Waals surface area contributed by atoms with Crippen LogP contribution >= 0.6 is 11.8 Å². The summed E-state index contributed by atoms with van der Waals surface area (Å²) in [5.41, 5.74) is 5.86. The van der Waals surface area contributed by atoms with Gasteiger partial charge in [-0.1, -0.05) is 20.3 Å². The Morgan fingerprint density at radius 3 is 2.38 bits per heavy atom. The zero-order valence-electron chi connectivity index (χ0n) is 10.7. The van der Waals surface area contributed by atoms with E-state index in [2.05, 4.69) is 30.5 Å². The average molecular weight is 242 g/mol. The first-order valence-corrected chi connectivity index (χ1v) is 7.71. The molecule has 1 saturated heterocycles. The number of hydrogen-bond donors (Lipinski definition) is 1. The first-order valence-electron chi connectivity index (χ1n) is 6.77. The standard InChI is InChI=1S/C13H26N2S/c1-10-7-15(8-11(2)16-10)9-13-5-3-4-12(13)6-14/h10-13H,3-9,14H2,1-2H3. The van der Waals surface area contributed by atoms with Crippen molar-refractivity contribution in [2.45, 2.75) is 43.6 Å². The van der Waals surface area contributed by atoms with E-state index >= 15 is 0 Å². The third kappa shape index (κ3) is 3.14. The van der Waals surface area contributed by atoms with Gasteiger partial charge in [0.1, 0.15) is 0 Å². The Morgan fingerprint density at radius 1 is 1.12 bits per heavy atom. The van der Waals surface area contributed by atoms with E-state index in [4.69, 9.17) is 5.73 Å². The first-order chi connectivity index (χ1) is 7.69. The van der Waals surface area contributed by atoms with E-state index in [1.165, 1.54) is 38.9 Å². The molecule has 2 N–H and O–H groups in total. The summed E-state index contributed by atoms with van der Waals surface area (Å²) in [6, 6.07) is 0. The maximum absolute atomic E-state index is 5.86. The predicted octanol–water partition coefficient (Wildman–Crippen LogP) is 2.19. The molecule has 3 heteroatoms. The zero-order chi connectivity index (χ0) is 11.5. The molecule has 1 saturated carbocycles. The van der Waals surface area contributed by atoms with Gasteiger partial charge in [-0.25, -0.2) is 0 Å². The van der Waals surface area contributed by atoms with Crippen molar-refractivity contribution in [2.24, 2.45) is 17.6 Å². The van der Waals surface area contributed by atoms with E-state index in [0.717, 1.165) is 28.9 Å². The van der Waals surface area contributed by atoms with Crippen LogP contribution in [0.5, 0.6) is 0 Å². The van der Waals surface area contributed by atoms with Crippen molar-refractivity contribution in [2.75, 3.05) is 26.2 Å². The highest BCUT2D eigenvalue weighted by Gasteiger charge is 2.30. The summed E-state index contributed by atoms with van der Waals surface area (Å²) in [6.45, 7) is 9.49. The molecule has 0 aromatic carbocycles. The summed E-state index contributed by atoms with van der Waals surface area (Å²) in [6.07, 6.45) is 4.18. The third-order valence-electron chi connectivity index (χ3n) is 4.11. The minimum atomic E-state index is 0.806. The summed E-state index contributed by atoms with van der Waals surface area (Å²) in [7, 11) is 0. The van der Waals surface area contributed by atoms with Gasteiger partial charge in [-0.3, -0.25) is 0 Å². The molecule has 0 amide bonds. The molecule has 0 radical (unpaired) electrons. The van der Waals surface area contributed by atoms with Crippen molar-refractivity contribution in [3.05, 3.63) is 0 Å². The van der Waals surface area contributed by atoms with E-state index < -0.39 is 0 Å². The predicted molar refractivity (Wildman–Crippen MR) is 72.8 cm³/mol. The minimum absolute atomic E-state index is 0.806. The van der Waals surface area contributed by atoms with Gasteiger partial charge in [0.15, 0.2) is 0 Å². The molecular formula is C13H26N2S. The van der Waals surface area contributed by atoms with Crippen LogP contribution in [0.15, 0.2) is 0 Å². The van der Waals surface area contributed by atoms with Gasteiger partial charge in [-0.05, 0) is 31.2 Å². The Balaban J connectivity index is 1.84. The minimum Gasteiger partial charge on any atom is -0.330 e. The van der Waals surface area contributed by atoms with Crippen LogP contribution in [-0.2, 0) is 0 Å². The Kier molecular flexibility index (Phi) is 4.57. The van der Waals surface area contributed by atoms with Crippen LogP contribution in [0, 0.1) is 11.8 Å². The van der Waals surface area contributed by atoms with Gasteiger partial charge in [0.25, 0.3) is 0 Å². The van der Waals surface area contributed by atoms with Crippen LogP contribution in [0.25, 0.3) is 0 Å². The van der Waals surface area contributed by atoms with E-state index in [9.17, 15) is 0 Å². The summed E-state index contributed by atoms with van der Waals surface area (Å²) in [5.74, 6) is 1.69. The lowest BCUT2D eigenvalue weighted by Crippen LogP contribution is -2.43. The quantitative estimate of drug-likeness (QED) is 0.822. The Morgan fingerprint density at radius 2 is 1.75 bits per heavy atom. The molecule has 0 aromatic heterocycles. The number of thioether (sulfide) groups is 1. The van der Waals surface area contributed by atoms with E-state index in [1.54, 1.807) is 0 Å². The number of hydrogen-bond acceptors (Lipinski definition) is 3. The average Bonchev–Trinajstić information content (AvgIpc) is 2.63. The van der Waals surface area contributed by atoms with E-state index in [0.29, 0.717) is 0 Å². The number of nitrogens with zero attached hydrogens (tertiary/aromatic N) is 1. The molecule has 0 aromatic rings. The van der Waals surface area contributed by atoms with Crippen molar-refractivity contribution >= 4 is 11.8 Å². The van der Waals surface area contributed by atoms with Crippen molar-refractivity contribution in [1.29, 1.82) is 0 Å². The molecule has 2 rings (SSSR count). The molecular weight excluding hydrogens is 216 g/mol. The second-order valence-corrected chi connectivity index (χ2v) is 7.54. The Hall–Kier alpha value is 0.270. The highest BCUT2D eigenvalue weighted by Crippen LogP contribution is 2.33. The molecule has 2 fully saturated rings. The van der Waals surface area contributed by atoms with E-state index in [1.807, 2.05) is 0 Å². The second kappa shape index (κ2) is 5.74. The van der Waals surface area contributed by atoms with Crippen molar-refractivity contribution in [3.8, 4) is 0 Å². The largest absolute Gasteiger partial charge is 0.330 e. The van der Waals surface area contributed by atoms with Crippen LogP contribution in [0.1, 0.15) is 33.1 Å². The molecule has 0 spiro atoms. The lowest BCUT2D eigenvalue weighted by atomic mass is 9.95. The van der Waals surface area contributed by atoms with E-state index in [-0.39, 0.29) is 0 Å². The monoisotopic (exact) mass is 242 g/mol. The number of nitrogens with two attached hydrogens (primary N) is 1. The Bertz CT molecular complexity index is 212. The Labute approximate surface area is 104 Å². The van der Waals surface area contributed by atoms with Gasteiger partial charge in [0, 0.05) is 30.1 Å². The van der Waals surface area contributed by atoms with Gasteiger partial charge in [-0.15, -0.1) is 0 Å². The summed E-state index contributed by atoms with van der Waals surface area (Å²) in [4.78, 5) is 2.68. The van der Waals surface area contributed by atoms with Gasteiger partial charge < -0.3 is 10.6 Å². The SMILES string of the molecule is CC1CN(CC2CCCC2CN)CC(C)S1. The highest BCUT2D eigenvalue weighted by atomic mass is 32.2. The van der Waals surface area contributed by atoms with Crippen LogP contribution in [0.2, 0.25) is 0 Å². The molecule has 1 heterocycles. The molecule has 1 aliphatic heterocycles. The fraction of sp³-hybridized carbons (Fsp3) is 1.00. The van der Waals surface area contributed by atoms with Crippen LogP contribution < -0.4 is 5.73 Å². The molecule has 94 valence electrons. The smallest absolute Gasteiger partial charge is 0.0149 e. The normalized spacial score (nSPS) is 41.4. The summed E-state index contributed by atoms with van der Waals surface area (Å²) < 4.78 is 0. The third-order valence-corrected chi connectivity index (χ3v) is 5.33. The van der Waals surface area contributed by atoms with Gasteiger partial charge >= 0.3 is 0 Å². The lowest BCUT2D eigenvalue weighted by molar-refractivity contribution is 0.205. The molecule has 2 nitrogen and oxygen atoms in total. The van der Waals surface area contributed by atoms with Crippen molar-refractivity contribution in [1.82, 2.24) is 4.90 Å². The van der Waals surface area contributed by atoms with Gasteiger partial charge in [0.2, 0.25) is 0 Å².